The molecular formula is C34H31F3N6O. The minimum absolute atomic E-state index is 0.0382. The van der Waals surface area contributed by atoms with Crippen molar-refractivity contribution in [3.8, 4) is 29.5 Å². The van der Waals surface area contributed by atoms with Gasteiger partial charge in [-0.1, -0.05) is 30.2 Å². The quantitative estimate of drug-likeness (QED) is 0.192. The molecule has 4 aliphatic heterocycles. The van der Waals surface area contributed by atoms with E-state index >= 15 is 4.39 Å². The number of fused-ring (bicyclic) bond motifs is 5. The van der Waals surface area contributed by atoms with Crippen molar-refractivity contribution in [2.24, 2.45) is 0 Å². The van der Waals surface area contributed by atoms with E-state index in [0.29, 0.717) is 59.3 Å². The first-order chi connectivity index (χ1) is 21.3. The van der Waals surface area contributed by atoms with Gasteiger partial charge in [0.25, 0.3) is 0 Å². The Morgan fingerprint density at radius 2 is 1.89 bits per heavy atom. The number of ether oxygens (including phenoxy) is 1. The molecule has 0 radical (unpaired) electrons. The molecule has 8 rings (SSSR count). The van der Waals surface area contributed by atoms with Crippen LogP contribution in [0.25, 0.3) is 32.8 Å². The number of nitrogens with zero attached hydrogens (tertiary/aromatic N) is 4. The molecule has 4 aromatic rings. The average molecular weight is 597 g/mol. The van der Waals surface area contributed by atoms with Crippen LogP contribution in [0.5, 0.6) is 6.01 Å². The highest BCUT2D eigenvalue weighted by Gasteiger charge is 2.49. The van der Waals surface area contributed by atoms with Crippen molar-refractivity contribution < 1.29 is 17.9 Å². The summed E-state index contributed by atoms with van der Waals surface area (Å²) in [4.78, 5) is 13.7. The first-order valence-corrected chi connectivity index (χ1v) is 15.0. The number of nitrogen functional groups attached to an aromatic ring is 1. The van der Waals surface area contributed by atoms with Crippen molar-refractivity contribution in [3.05, 3.63) is 65.7 Å². The molecule has 0 aliphatic carbocycles. The Morgan fingerprint density at radius 3 is 2.68 bits per heavy atom. The number of nitrogens with two attached hydrogens (primary N) is 1. The lowest BCUT2D eigenvalue weighted by Crippen LogP contribution is -2.52. The number of halogens is 3. The van der Waals surface area contributed by atoms with Crippen molar-refractivity contribution >= 4 is 33.2 Å². The van der Waals surface area contributed by atoms with Crippen LogP contribution < -0.4 is 20.7 Å². The summed E-state index contributed by atoms with van der Waals surface area (Å²) in [5.74, 6) is 1.81. The molecule has 0 amide bonds. The number of aromatic nitrogens is 2. The molecule has 3 saturated heterocycles. The van der Waals surface area contributed by atoms with Gasteiger partial charge >= 0.3 is 6.01 Å². The maximum Gasteiger partial charge on any atom is 0.319 e. The highest BCUT2D eigenvalue weighted by Crippen LogP contribution is 2.42. The molecule has 4 atom stereocenters. The van der Waals surface area contributed by atoms with Gasteiger partial charge in [0.2, 0.25) is 0 Å². The molecule has 2 bridgehead atoms. The lowest BCUT2D eigenvalue weighted by Gasteiger charge is -2.35. The van der Waals surface area contributed by atoms with E-state index in [4.69, 9.17) is 21.9 Å². The van der Waals surface area contributed by atoms with Crippen LogP contribution >= 0.6 is 0 Å². The summed E-state index contributed by atoms with van der Waals surface area (Å²) in [6.45, 7) is 2.74. The van der Waals surface area contributed by atoms with Gasteiger partial charge < -0.3 is 20.7 Å². The summed E-state index contributed by atoms with van der Waals surface area (Å²) in [5.41, 5.74) is 6.87. The molecule has 224 valence electrons. The van der Waals surface area contributed by atoms with Crippen molar-refractivity contribution in [1.29, 1.82) is 0 Å². The zero-order valence-corrected chi connectivity index (χ0v) is 24.0. The predicted molar refractivity (Wildman–Crippen MR) is 165 cm³/mol. The van der Waals surface area contributed by atoms with Gasteiger partial charge in [0, 0.05) is 60.2 Å². The van der Waals surface area contributed by atoms with Crippen molar-refractivity contribution in [2.75, 3.05) is 43.4 Å². The van der Waals surface area contributed by atoms with Crippen LogP contribution in [-0.4, -0.2) is 71.4 Å². The fourth-order valence-electron chi connectivity index (χ4n) is 7.71. The Labute approximate surface area is 252 Å². The molecule has 1 aromatic heterocycles. The maximum absolute atomic E-state index is 16.8. The molecule has 10 heteroatoms. The van der Waals surface area contributed by atoms with Crippen molar-refractivity contribution in [1.82, 2.24) is 20.2 Å². The fourth-order valence-corrected chi connectivity index (χ4v) is 7.71. The Bertz CT molecular complexity index is 1890. The van der Waals surface area contributed by atoms with Gasteiger partial charge in [-0.2, -0.15) is 9.97 Å². The number of hydrogen-bond acceptors (Lipinski definition) is 7. The van der Waals surface area contributed by atoms with Gasteiger partial charge in [-0.25, -0.2) is 13.2 Å². The van der Waals surface area contributed by atoms with E-state index in [2.05, 4.69) is 38.2 Å². The zero-order chi connectivity index (χ0) is 30.2. The van der Waals surface area contributed by atoms with Gasteiger partial charge in [0.1, 0.15) is 29.9 Å². The molecule has 44 heavy (non-hydrogen) atoms. The Morgan fingerprint density at radius 1 is 1.07 bits per heavy atom. The molecule has 5 heterocycles. The number of nitrogens with one attached hydrogen (secondary N) is 1. The monoisotopic (exact) mass is 596 g/mol. The summed E-state index contributed by atoms with van der Waals surface area (Å²) >= 11 is 0. The van der Waals surface area contributed by atoms with E-state index in [0.717, 1.165) is 19.4 Å². The summed E-state index contributed by atoms with van der Waals surface area (Å²) in [6.07, 6.45) is 11.3. The Hall–Kier alpha value is -4.33. The van der Waals surface area contributed by atoms with Gasteiger partial charge in [0.15, 0.2) is 5.82 Å². The first-order valence-electron chi connectivity index (χ1n) is 15.0. The number of rotatable bonds is 5. The predicted octanol–water partition coefficient (Wildman–Crippen LogP) is 4.96. The van der Waals surface area contributed by atoms with Crippen LogP contribution in [0.2, 0.25) is 0 Å². The molecule has 7 nitrogen and oxygen atoms in total. The zero-order valence-electron chi connectivity index (χ0n) is 24.0. The minimum atomic E-state index is -0.901. The normalized spacial score (nSPS) is 26.0. The number of anilines is 2. The Balaban J connectivity index is 1.28. The van der Waals surface area contributed by atoms with E-state index in [1.165, 1.54) is 6.07 Å². The van der Waals surface area contributed by atoms with Crippen LogP contribution in [-0.2, 0) is 0 Å². The highest BCUT2D eigenvalue weighted by molar-refractivity contribution is 6.04. The summed E-state index contributed by atoms with van der Waals surface area (Å²) in [5, 5.41) is 5.06. The van der Waals surface area contributed by atoms with E-state index in [1.807, 2.05) is 0 Å². The van der Waals surface area contributed by atoms with Crippen LogP contribution in [0, 0.1) is 24.0 Å². The standard InChI is InChI=1S/C34H31F3N6O/c1-2-24-28(36)9-4-19-12-21(38)13-27(29(19)24)25-7-8-26-31(30(25)37)40-33(41-32(26)42-16-22-5-6-23(17-42)39-22)44-18-34-10-3-11-43(34)15-20(35)14-34/h1,4-9,12-13,20,22-23,39H,3,10-11,14-18,38H2/t20-,22?,23?,34+/m1/s1. The lowest BCUT2D eigenvalue weighted by molar-refractivity contribution is 0.107. The maximum atomic E-state index is 16.8. The summed E-state index contributed by atoms with van der Waals surface area (Å²) in [6, 6.07) is 9.93. The van der Waals surface area contributed by atoms with Gasteiger partial charge in [-0.15, -0.1) is 6.42 Å². The lowest BCUT2D eigenvalue weighted by atomic mass is 9.92. The largest absolute Gasteiger partial charge is 0.461 e. The highest BCUT2D eigenvalue weighted by atomic mass is 19.1. The second-order valence-corrected chi connectivity index (χ2v) is 12.4. The average Bonchev–Trinajstić information content (AvgIpc) is 3.66. The molecule has 3 fully saturated rings. The van der Waals surface area contributed by atoms with E-state index < -0.39 is 23.3 Å². The van der Waals surface area contributed by atoms with Gasteiger partial charge in [-0.3, -0.25) is 4.90 Å². The van der Waals surface area contributed by atoms with E-state index in [-0.39, 0.29) is 41.3 Å². The third-order valence-corrected chi connectivity index (χ3v) is 9.66. The van der Waals surface area contributed by atoms with Gasteiger partial charge in [-0.05, 0) is 54.6 Å². The van der Waals surface area contributed by atoms with E-state index in [1.54, 1.807) is 30.3 Å². The van der Waals surface area contributed by atoms with Crippen LogP contribution in [0.4, 0.5) is 24.7 Å². The Kier molecular flexibility index (Phi) is 6.26. The summed E-state index contributed by atoms with van der Waals surface area (Å²) in [7, 11) is 0. The number of hydrogen-bond donors (Lipinski definition) is 2. The number of benzene rings is 3. The topological polar surface area (TPSA) is 79.5 Å². The molecule has 2 unspecified atom stereocenters. The summed E-state index contributed by atoms with van der Waals surface area (Å²) < 4.78 is 52.3. The van der Waals surface area contributed by atoms with Crippen LogP contribution in [0.15, 0.2) is 48.6 Å². The molecule has 3 N–H and O–H groups in total. The minimum Gasteiger partial charge on any atom is -0.461 e. The van der Waals surface area contributed by atoms with Gasteiger partial charge in [0.05, 0.1) is 11.1 Å². The third-order valence-electron chi connectivity index (χ3n) is 9.66. The second kappa shape index (κ2) is 10.1. The number of terminal acetylenes is 1. The van der Waals surface area contributed by atoms with E-state index in [9.17, 15) is 8.78 Å². The van der Waals surface area contributed by atoms with Crippen molar-refractivity contribution in [3.63, 3.8) is 0 Å². The molecule has 0 saturated carbocycles. The van der Waals surface area contributed by atoms with Crippen molar-refractivity contribution in [2.45, 2.75) is 43.1 Å². The number of alkyl halides is 1. The molecular weight excluding hydrogens is 565 g/mol. The second-order valence-electron chi connectivity index (χ2n) is 12.4. The van der Waals surface area contributed by atoms with Crippen LogP contribution in [0.1, 0.15) is 24.8 Å². The SMILES string of the molecule is C#Cc1c(F)ccc2cc(N)cc(-c3ccc4c(N5CC6C=CC(C5)N6)nc(OC[C@@]56CCCN5C[C@H](F)C6)nc4c3F)c12. The smallest absolute Gasteiger partial charge is 0.319 e. The molecule has 3 aromatic carbocycles. The fraction of sp³-hybridized carbons (Fsp3) is 0.353. The third kappa shape index (κ3) is 4.29. The molecule has 4 aliphatic rings. The molecule has 0 spiro atoms. The first kappa shape index (κ1) is 27.2. The number of piperazine rings is 1. The van der Waals surface area contributed by atoms with Crippen LogP contribution in [0.3, 0.4) is 0 Å².